The summed E-state index contributed by atoms with van der Waals surface area (Å²) in [6, 6.07) is 5.30. The zero-order valence-corrected chi connectivity index (χ0v) is 14.6. The summed E-state index contributed by atoms with van der Waals surface area (Å²) in [4.78, 5) is 0.287. The highest BCUT2D eigenvalue weighted by Crippen LogP contribution is 2.40. The Morgan fingerprint density at radius 2 is 2.14 bits per heavy atom. The van der Waals surface area contributed by atoms with Crippen molar-refractivity contribution >= 4 is 48.7 Å². The summed E-state index contributed by atoms with van der Waals surface area (Å²) < 4.78 is 36.0. The van der Waals surface area contributed by atoms with Gasteiger partial charge >= 0.3 is 0 Å². The van der Waals surface area contributed by atoms with Gasteiger partial charge in [0, 0.05) is 17.9 Å². The molecule has 0 atom stereocenters. The third-order valence-corrected chi connectivity index (χ3v) is 6.92. The maximum absolute atomic E-state index is 13.0. The van der Waals surface area contributed by atoms with E-state index in [2.05, 4.69) is 24.7 Å². The monoisotopic (exact) mass is 389 g/mol. The van der Waals surface area contributed by atoms with Crippen LogP contribution in [-0.4, -0.2) is 30.6 Å². The van der Waals surface area contributed by atoms with Gasteiger partial charge in [-0.3, -0.25) is 0 Å². The third-order valence-electron chi connectivity index (χ3n) is 3.83. The van der Waals surface area contributed by atoms with Crippen molar-refractivity contribution in [2.24, 2.45) is 8.73 Å². The SMILES string of the molecule is O=S(=O)(c1cccc2c1N=S=N2)N(CCCBr)C1CCC1. The van der Waals surface area contributed by atoms with Crippen LogP contribution in [0, 0.1) is 0 Å². The van der Waals surface area contributed by atoms with Crippen LogP contribution in [0.15, 0.2) is 31.8 Å². The van der Waals surface area contributed by atoms with Crippen LogP contribution in [0.2, 0.25) is 0 Å². The van der Waals surface area contributed by atoms with E-state index in [0.717, 1.165) is 42.4 Å². The summed E-state index contributed by atoms with van der Waals surface area (Å²) in [5, 5.41) is 0.800. The van der Waals surface area contributed by atoms with Crippen molar-refractivity contribution < 1.29 is 8.42 Å². The molecule has 1 aliphatic carbocycles. The Balaban J connectivity index is 1.98. The van der Waals surface area contributed by atoms with E-state index in [4.69, 9.17) is 0 Å². The zero-order valence-electron chi connectivity index (χ0n) is 11.4. The molecule has 1 aliphatic heterocycles. The van der Waals surface area contributed by atoms with Gasteiger partial charge in [-0.05, 0) is 31.4 Å². The van der Waals surface area contributed by atoms with Gasteiger partial charge in [-0.15, -0.1) is 0 Å². The average molecular weight is 390 g/mol. The van der Waals surface area contributed by atoms with Crippen molar-refractivity contribution in [2.45, 2.75) is 36.6 Å². The highest BCUT2D eigenvalue weighted by Gasteiger charge is 2.36. The molecule has 1 aromatic carbocycles. The molecule has 0 bridgehead atoms. The molecule has 1 heterocycles. The summed E-state index contributed by atoms with van der Waals surface area (Å²) in [6.07, 6.45) is 3.81. The lowest BCUT2D eigenvalue weighted by molar-refractivity contribution is 0.220. The summed E-state index contributed by atoms with van der Waals surface area (Å²) >= 11 is 4.43. The first-order valence-electron chi connectivity index (χ1n) is 6.93. The van der Waals surface area contributed by atoms with Crippen molar-refractivity contribution in [1.82, 2.24) is 4.31 Å². The summed E-state index contributed by atoms with van der Waals surface area (Å²) in [5.74, 6) is 0. The molecule has 0 spiro atoms. The molecule has 1 saturated carbocycles. The molecular weight excluding hydrogens is 374 g/mol. The van der Waals surface area contributed by atoms with Crippen molar-refractivity contribution in [3.8, 4) is 0 Å². The van der Waals surface area contributed by atoms with Crippen molar-refractivity contribution in [1.29, 1.82) is 0 Å². The molecule has 21 heavy (non-hydrogen) atoms. The van der Waals surface area contributed by atoms with E-state index in [1.165, 1.54) is 0 Å². The number of alkyl halides is 1. The largest absolute Gasteiger partial charge is 0.245 e. The van der Waals surface area contributed by atoms with Gasteiger partial charge in [0.1, 0.15) is 16.3 Å². The molecule has 0 unspecified atom stereocenters. The van der Waals surface area contributed by atoms with Gasteiger partial charge in [0.05, 0.1) is 11.4 Å². The number of halogens is 1. The molecule has 2 aliphatic rings. The average Bonchev–Trinajstić information content (AvgIpc) is 2.88. The number of sulfonamides is 1. The molecule has 114 valence electrons. The molecule has 0 aromatic heterocycles. The summed E-state index contributed by atoms with van der Waals surface area (Å²) in [7, 11) is -3.51. The molecule has 3 rings (SSSR count). The van der Waals surface area contributed by atoms with Crippen LogP contribution >= 0.6 is 15.9 Å². The number of rotatable bonds is 6. The predicted octanol–water partition coefficient (Wildman–Crippen LogP) is 3.74. The fraction of sp³-hybridized carbons (Fsp3) is 0.538. The van der Waals surface area contributed by atoms with Crippen LogP contribution in [-0.2, 0) is 21.4 Å². The number of hydrogen-bond donors (Lipinski definition) is 0. The Hall–Kier alpha value is -0.570. The molecule has 0 saturated heterocycles. The van der Waals surface area contributed by atoms with Gasteiger partial charge in [-0.2, -0.15) is 13.0 Å². The minimum Gasteiger partial charge on any atom is -0.207 e. The normalized spacial score (nSPS) is 17.6. The third kappa shape index (κ3) is 2.86. The molecule has 0 radical (unpaired) electrons. The Labute approximate surface area is 136 Å². The minimum absolute atomic E-state index is 0.135. The fourth-order valence-electron chi connectivity index (χ4n) is 2.51. The smallest absolute Gasteiger partial charge is 0.207 e. The van der Waals surface area contributed by atoms with Gasteiger partial charge < -0.3 is 0 Å². The number of nitrogens with zero attached hydrogens (tertiary/aromatic N) is 3. The Kier molecular flexibility index (Phi) is 4.58. The lowest BCUT2D eigenvalue weighted by Gasteiger charge is -2.36. The van der Waals surface area contributed by atoms with Gasteiger partial charge in [0.25, 0.3) is 0 Å². The number of fused-ring (bicyclic) bond motifs is 1. The van der Waals surface area contributed by atoms with Gasteiger partial charge in [0.15, 0.2) is 0 Å². The lowest BCUT2D eigenvalue weighted by Crippen LogP contribution is -2.44. The van der Waals surface area contributed by atoms with Gasteiger partial charge in [0.2, 0.25) is 10.0 Å². The van der Waals surface area contributed by atoms with Crippen molar-refractivity contribution in [2.75, 3.05) is 11.9 Å². The van der Waals surface area contributed by atoms with Crippen molar-refractivity contribution in [3.05, 3.63) is 18.2 Å². The first-order chi connectivity index (χ1) is 10.1. The van der Waals surface area contributed by atoms with E-state index in [0.29, 0.717) is 17.9 Å². The number of hydrogen-bond acceptors (Lipinski definition) is 4. The molecule has 1 fully saturated rings. The molecule has 0 N–H and O–H groups in total. The topological polar surface area (TPSA) is 62.1 Å². The second kappa shape index (κ2) is 6.28. The van der Waals surface area contributed by atoms with E-state index >= 15 is 0 Å². The Bertz CT molecular complexity index is 710. The molecular formula is C13H16BrN3O2S2. The van der Waals surface area contributed by atoms with E-state index in [1.54, 1.807) is 22.5 Å². The van der Waals surface area contributed by atoms with Crippen LogP contribution in [0.4, 0.5) is 11.4 Å². The highest BCUT2D eigenvalue weighted by atomic mass is 79.9. The molecule has 0 amide bonds. The predicted molar refractivity (Wildman–Crippen MR) is 87.9 cm³/mol. The Morgan fingerprint density at radius 3 is 2.81 bits per heavy atom. The van der Waals surface area contributed by atoms with Crippen LogP contribution in [0.1, 0.15) is 25.7 Å². The van der Waals surface area contributed by atoms with Crippen LogP contribution in [0.5, 0.6) is 0 Å². The number of benzene rings is 1. The highest BCUT2D eigenvalue weighted by molar-refractivity contribution is 9.09. The summed E-state index contributed by atoms with van der Waals surface area (Å²) in [5.41, 5.74) is 1.14. The first kappa shape index (κ1) is 15.3. The lowest BCUT2D eigenvalue weighted by atomic mass is 9.93. The Morgan fingerprint density at radius 1 is 1.33 bits per heavy atom. The molecule has 8 heteroatoms. The van der Waals surface area contributed by atoms with Crippen LogP contribution in [0.25, 0.3) is 0 Å². The molecule has 1 aromatic rings. The minimum atomic E-state index is -3.51. The van der Waals surface area contributed by atoms with E-state index < -0.39 is 10.0 Å². The van der Waals surface area contributed by atoms with E-state index in [9.17, 15) is 8.42 Å². The van der Waals surface area contributed by atoms with Crippen molar-refractivity contribution in [3.63, 3.8) is 0 Å². The van der Waals surface area contributed by atoms with E-state index in [1.807, 2.05) is 0 Å². The van der Waals surface area contributed by atoms with Gasteiger partial charge in [-0.1, -0.05) is 28.4 Å². The first-order valence-corrected chi connectivity index (χ1v) is 10.2. The maximum Gasteiger partial charge on any atom is 0.245 e. The summed E-state index contributed by atoms with van der Waals surface area (Å²) in [6.45, 7) is 0.548. The standard InChI is InChI=1S/C13H16BrN3O2S2/c14-8-3-9-17(10-4-1-5-10)21(18,19)12-7-2-6-11-13(12)16-20-15-11/h2,6-7,10H,1,3-5,8-9H2. The second-order valence-electron chi connectivity index (χ2n) is 5.13. The van der Waals surface area contributed by atoms with Gasteiger partial charge in [-0.25, -0.2) is 8.42 Å². The van der Waals surface area contributed by atoms with E-state index in [-0.39, 0.29) is 10.9 Å². The quantitative estimate of drug-likeness (QED) is 0.706. The van der Waals surface area contributed by atoms with Crippen LogP contribution < -0.4 is 0 Å². The second-order valence-corrected chi connectivity index (χ2v) is 8.31. The zero-order chi connectivity index (χ0) is 14.9. The fourth-order valence-corrected chi connectivity index (χ4v) is 5.23. The maximum atomic E-state index is 13.0. The molecule has 5 nitrogen and oxygen atoms in total. The van der Waals surface area contributed by atoms with Crippen LogP contribution in [0.3, 0.4) is 0 Å².